The molecule has 3 rings (SSSR count). The number of aromatic amines is 1. The Bertz CT molecular complexity index is 724. The van der Waals surface area contributed by atoms with Crippen molar-refractivity contribution < 1.29 is 4.79 Å². The highest BCUT2D eigenvalue weighted by atomic mass is 35.5. The Morgan fingerprint density at radius 3 is 2.52 bits per heavy atom. The van der Waals surface area contributed by atoms with Crippen molar-refractivity contribution in [3.63, 3.8) is 0 Å². The summed E-state index contributed by atoms with van der Waals surface area (Å²) < 4.78 is 0. The normalized spacial score (nSPS) is 16.7. The highest BCUT2D eigenvalue weighted by molar-refractivity contribution is 5.94. The number of halogens is 1. The maximum Gasteiger partial charge on any atom is 0.261 e. The van der Waals surface area contributed by atoms with Gasteiger partial charge in [0.2, 0.25) is 0 Å². The van der Waals surface area contributed by atoms with Gasteiger partial charge in [-0.05, 0) is 30.7 Å². The van der Waals surface area contributed by atoms with E-state index < -0.39 is 0 Å². The number of aromatic nitrogens is 1. The van der Waals surface area contributed by atoms with E-state index in [-0.39, 0.29) is 35.5 Å². The first-order valence-electron chi connectivity index (χ1n) is 7.43. The maximum atomic E-state index is 12.5. The first-order valence-corrected chi connectivity index (χ1v) is 7.43. The van der Waals surface area contributed by atoms with E-state index in [1.165, 1.54) is 0 Å². The van der Waals surface area contributed by atoms with Gasteiger partial charge in [-0.15, -0.1) is 12.4 Å². The molecule has 0 saturated carbocycles. The number of nitrogens with zero attached hydrogens (tertiary/aromatic N) is 1. The minimum Gasteiger partial charge on any atom is -0.337 e. The van der Waals surface area contributed by atoms with Crippen LogP contribution in [0.25, 0.3) is 11.3 Å². The molecule has 122 valence electrons. The molecule has 2 heterocycles. The third-order valence-electron chi connectivity index (χ3n) is 4.13. The van der Waals surface area contributed by atoms with Crippen LogP contribution in [0.4, 0.5) is 0 Å². The number of amides is 1. The average Bonchev–Trinajstić information content (AvgIpc) is 3.09. The fourth-order valence-electron chi connectivity index (χ4n) is 2.75. The minimum atomic E-state index is -0.343. The Hall–Kier alpha value is -2.11. The molecule has 1 aromatic carbocycles. The summed E-state index contributed by atoms with van der Waals surface area (Å²) in [4.78, 5) is 29.2. The molecule has 23 heavy (non-hydrogen) atoms. The number of likely N-dealkylation sites (N-methyl/N-ethyl adjacent to an activating group) is 1. The molecule has 1 aliphatic rings. The number of benzene rings is 1. The summed E-state index contributed by atoms with van der Waals surface area (Å²) in [6.07, 6.45) is 0.919. The van der Waals surface area contributed by atoms with Gasteiger partial charge in [0.1, 0.15) is 5.56 Å². The summed E-state index contributed by atoms with van der Waals surface area (Å²) in [6, 6.07) is 13.1. The molecule has 2 aromatic rings. The topological polar surface area (TPSA) is 65.2 Å². The largest absolute Gasteiger partial charge is 0.337 e. The number of pyridine rings is 1. The molecule has 0 spiro atoms. The van der Waals surface area contributed by atoms with Gasteiger partial charge in [-0.25, -0.2) is 0 Å². The summed E-state index contributed by atoms with van der Waals surface area (Å²) in [5.41, 5.74) is 1.48. The zero-order valence-electron chi connectivity index (χ0n) is 12.9. The fourth-order valence-corrected chi connectivity index (χ4v) is 2.75. The average molecular weight is 334 g/mol. The highest BCUT2D eigenvalue weighted by Gasteiger charge is 2.25. The van der Waals surface area contributed by atoms with Gasteiger partial charge >= 0.3 is 0 Å². The van der Waals surface area contributed by atoms with Crippen LogP contribution in [0.15, 0.2) is 47.3 Å². The van der Waals surface area contributed by atoms with Crippen molar-refractivity contribution in [2.24, 2.45) is 0 Å². The Labute approximate surface area is 141 Å². The van der Waals surface area contributed by atoms with Crippen molar-refractivity contribution >= 4 is 18.3 Å². The summed E-state index contributed by atoms with van der Waals surface area (Å²) in [7, 11) is 1.75. The lowest BCUT2D eigenvalue weighted by Gasteiger charge is -2.23. The molecular weight excluding hydrogens is 314 g/mol. The molecule has 2 N–H and O–H groups in total. The van der Waals surface area contributed by atoms with E-state index in [9.17, 15) is 9.59 Å². The van der Waals surface area contributed by atoms with Crippen LogP contribution in [0.1, 0.15) is 16.8 Å². The van der Waals surface area contributed by atoms with E-state index in [0.717, 1.165) is 25.1 Å². The first kappa shape index (κ1) is 17.2. The zero-order valence-corrected chi connectivity index (χ0v) is 13.7. The summed E-state index contributed by atoms with van der Waals surface area (Å²) >= 11 is 0. The summed E-state index contributed by atoms with van der Waals surface area (Å²) in [6.45, 7) is 1.69. The molecule has 1 fully saturated rings. The van der Waals surface area contributed by atoms with Crippen molar-refractivity contribution in [1.82, 2.24) is 15.2 Å². The molecule has 5 nitrogen and oxygen atoms in total. The second-order valence-electron chi connectivity index (χ2n) is 5.54. The summed E-state index contributed by atoms with van der Waals surface area (Å²) in [5.74, 6) is -0.227. The highest BCUT2D eigenvalue weighted by Crippen LogP contribution is 2.15. The predicted molar refractivity (Wildman–Crippen MR) is 93.1 cm³/mol. The SMILES string of the molecule is CN(C(=O)c1ccc(-c2ccccc2)[nH]c1=O)C1CCNC1.Cl. The molecule has 1 aromatic heterocycles. The van der Waals surface area contributed by atoms with Crippen molar-refractivity contribution in [3.05, 3.63) is 58.4 Å². The van der Waals surface area contributed by atoms with Gasteiger partial charge in [0, 0.05) is 25.3 Å². The van der Waals surface area contributed by atoms with Crippen molar-refractivity contribution in [1.29, 1.82) is 0 Å². The van der Waals surface area contributed by atoms with E-state index in [1.807, 2.05) is 30.3 Å². The number of nitrogens with one attached hydrogen (secondary N) is 2. The lowest BCUT2D eigenvalue weighted by molar-refractivity contribution is 0.0742. The van der Waals surface area contributed by atoms with Gasteiger partial charge < -0.3 is 15.2 Å². The van der Waals surface area contributed by atoms with E-state index >= 15 is 0 Å². The molecule has 6 heteroatoms. The second-order valence-corrected chi connectivity index (χ2v) is 5.54. The smallest absolute Gasteiger partial charge is 0.261 e. The van der Waals surface area contributed by atoms with Gasteiger partial charge in [0.05, 0.1) is 0 Å². The molecule has 1 saturated heterocycles. The standard InChI is InChI=1S/C17H19N3O2.ClH/c1-20(13-9-10-18-11-13)17(22)14-7-8-15(19-16(14)21)12-5-3-2-4-6-12;/h2-8,13,18H,9-11H2,1H3,(H,19,21);1H. The number of hydrogen-bond donors (Lipinski definition) is 2. The van der Waals surface area contributed by atoms with Crippen LogP contribution < -0.4 is 10.9 Å². The number of hydrogen-bond acceptors (Lipinski definition) is 3. The van der Waals surface area contributed by atoms with Gasteiger partial charge in [-0.3, -0.25) is 9.59 Å². The molecule has 0 radical (unpaired) electrons. The van der Waals surface area contributed by atoms with Crippen LogP contribution in [0.2, 0.25) is 0 Å². The Kier molecular flexibility index (Phi) is 5.58. The molecule has 1 amide bonds. The lowest BCUT2D eigenvalue weighted by atomic mass is 10.1. The molecule has 1 unspecified atom stereocenters. The third-order valence-corrected chi connectivity index (χ3v) is 4.13. The molecule has 0 bridgehead atoms. The Morgan fingerprint density at radius 2 is 1.91 bits per heavy atom. The van der Waals surface area contributed by atoms with E-state index in [4.69, 9.17) is 0 Å². The Morgan fingerprint density at radius 1 is 1.17 bits per heavy atom. The maximum absolute atomic E-state index is 12.5. The number of carbonyl (C=O) groups is 1. The van der Waals surface area contributed by atoms with Crippen LogP contribution >= 0.6 is 12.4 Å². The van der Waals surface area contributed by atoms with E-state index in [0.29, 0.717) is 5.69 Å². The van der Waals surface area contributed by atoms with Gasteiger partial charge in [0.25, 0.3) is 11.5 Å². The fraction of sp³-hybridized carbons (Fsp3) is 0.294. The van der Waals surface area contributed by atoms with E-state index in [2.05, 4.69) is 10.3 Å². The quantitative estimate of drug-likeness (QED) is 0.901. The zero-order chi connectivity index (χ0) is 15.5. The van der Waals surface area contributed by atoms with Crippen molar-refractivity contribution in [2.75, 3.05) is 20.1 Å². The number of carbonyl (C=O) groups excluding carboxylic acids is 1. The van der Waals surface area contributed by atoms with Crippen LogP contribution in [0.5, 0.6) is 0 Å². The molecule has 1 aliphatic heterocycles. The van der Waals surface area contributed by atoms with Crippen molar-refractivity contribution in [2.45, 2.75) is 12.5 Å². The second kappa shape index (κ2) is 7.44. The monoisotopic (exact) mass is 333 g/mol. The van der Waals surface area contributed by atoms with Gasteiger partial charge in [-0.2, -0.15) is 0 Å². The predicted octanol–water partition coefficient (Wildman–Crippen LogP) is 1.90. The van der Waals surface area contributed by atoms with Crippen LogP contribution in [-0.4, -0.2) is 42.0 Å². The van der Waals surface area contributed by atoms with Gasteiger partial charge in [-0.1, -0.05) is 30.3 Å². The van der Waals surface area contributed by atoms with E-state index in [1.54, 1.807) is 24.1 Å². The van der Waals surface area contributed by atoms with Gasteiger partial charge in [0.15, 0.2) is 0 Å². The third kappa shape index (κ3) is 3.63. The number of rotatable bonds is 3. The Balaban J connectivity index is 0.00000192. The molecule has 0 aliphatic carbocycles. The summed E-state index contributed by atoms with van der Waals surface area (Å²) in [5, 5.41) is 3.22. The first-order chi connectivity index (χ1) is 10.7. The lowest BCUT2D eigenvalue weighted by Crippen LogP contribution is -2.40. The van der Waals surface area contributed by atoms with Crippen LogP contribution in [0.3, 0.4) is 0 Å². The van der Waals surface area contributed by atoms with Crippen molar-refractivity contribution in [3.8, 4) is 11.3 Å². The number of H-pyrrole nitrogens is 1. The minimum absolute atomic E-state index is 0. The molecular formula is C17H20ClN3O2. The van der Waals surface area contributed by atoms with Crippen LogP contribution in [-0.2, 0) is 0 Å². The molecule has 1 atom stereocenters. The van der Waals surface area contributed by atoms with Crippen LogP contribution in [0, 0.1) is 0 Å².